The quantitative estimate of drug-likeness (QED) is 0.806. The first-order valence-electron chi connectivity index (χ1n) is 5.41. The van der Waals surface area contributed by atoms with Gasteiger partial charge in [0.1, 0.15) is 11.5 Å². The zero-order chi connectivity index (χ0) is 12.2. The van der Waals surface area contributed by atoms with Crippen LogP contribution in [-0.2, 0) is 0 Å². The number of nitrogens with one attached hydrogen (secondary N) is 1. The summed E-state index contributed by atoms with van der Waals surface area (Å²) >= 11 is 0. The predicted octanol–water partition coefficient (Wildman–Crippen LogP) is 1.37. The maximum Gasteiger partial charge on any atom is 0.271 e. The maximum atomic E-state index is 11.8. The molecular weight excluding hydrogens is 204 g/mol. The Hall–Kier alpha value is -1.65. The van der Waals surface area contributed by atoms with Crippen LogP contribution in [0.2, 0.25) is 0 Å². The molecule has 5 nitrogen and oxygen atoms in total. The minimum absolute atomic E-state index is 0.194. The summed E-state index contributed by atoms with van der Waals surface area (Å²) in [7, 11) is 0. The molecule has 1 amide bonds. The summed E-state index contributed by atoms with van der Waals surface area (Å²) < 4.78 is 0. The number of nitrogens with two attached hydrogens (primary N) is 1. The molecule has 0 aromatic carbocycles. The Kier molecular flexibility index (Phi) is 3.82. The lowest BCUT2D eigenvalue weighted by molar-refractivity contribution is 0.0895. The van der Waals surface area contributed by atoms with Crippen LogP contribution >= 0.6 is 0 Å². The van der Waals surface area contributed by atoms with E-state index in [1.807, 2.05) is 20.8 Å². The number of carbonyl (C=O) groups excluding carboxylic acids is 1. The van der Waals surface area contributed by atoms with Crippen LogP contribution < -0.4 is 11.1 Å². The highest BCUT2D eigenvalue weighted by Gasteiger charge is 2.23. The molecule has 1 rings (SSSR count). The van der Waals surface area contributed by atoms with E-state index in [1.165, 1.54) is 12.4 Å². The average Bonchev–Trinajstić information content (AvgIpc) is 2.29. The Labute approximate surface area is 95.5 Å². The Morgan fingerprint density at radius 2 is 2.00 bits per heavy atom. The van der Waals surface area contributed by atoms with Gasteiger partial charge in [-0.3, -0.25) is 4.79 Å². The van der Waals surface area contributed by atoms with Gasteiger partial charge in [0.2, 0.25) is 0 Å². The van der Waals surface area contributed by atoms with Gasteiger partial charge in [0.25, 0.3) is 5.91 Å². The minimum Gasteiger partial charge on any atom is -0.382 e. The first kappa shape index (κ1) is 12.4. The normalized spacial score (nSPS) is 11.2. The SMILES string of the molecule is CCC(C)(CC)NC(=O)c1cnc(N)cn1. The second-order valence-corrected chi connectivity index (χ2v) is 4.05. The van der Waals surface area contributed by atoms with Gasteiger partial charge in [-0.15, -0.1) is 0 Å². The number of carbonyl (C=O) groups is 1. The number of hydrogen-bond donors (Lipinski definition) is 2. The monoisotopic (exact) mass is 222 g/mol. The number of hydrogen-bond acceptors (Lipinski definition) is 4. The van der Waals surface area contributed by atoms with Gasteiger partial charge in [-0.2, -0.15) is 0 Å². The van der Waals surface area contributed by atoms with E-state index in [-0.39, 0.29) is 11.4 Å². The highest BCUT2D eigenvalue weighted by Crippen LogP contribution is 2.14. The molecule has 16 heavy (non-hydrogen) atoms. The molecular formula is C11H18N4O. The number of nitrogens with zero attached hydrogens (tertiary/aromatic N) is 2. The van der Waals surface area contributed by atoms with Crippen molar-refractivity contribution in [3.05, 3.63) is 18.1 Å². The molecule has 1 heterocycles. The van der Waals surface area contributed by atoms with Crippen LogP contribution in [0.25, 0.3) is 0 Å². The highest BCUT2D eigenvalue weighted by molar-refractivity contribution is 5.92. The summed E-state index contributed by atoms with van der Waals surface area (Å²) in [5.41, 5.74) is 5.50. The molecule has 0 aliphatic heterocycles. The molecule has 0 atom stereocenters. The molecule has 88 valence electrons. The zero-order valence-electron chi connectivity index (χ0n) is 9.95. The molecule has 1 aromatic heterocycles. The fourth-order valence-electron chi connectivity index (χ4n) is 1.22. The van der Waals surface area contributed by atoms with Crippen molar-refractivity contribution >= 4 is 11.7 Å². The van der Waals surface area contributed by atoms with E-state index in [9.17, 15) is 4.79 Å². The molecule has 0 aliphatic carbocycles. The molecule has 0 unspecified atom stereocenters. The summed E-state index contributed by atoms with van der Waals surface area (Å²) in [6.07, 6.45) is 4.51. The molecule has 0 spiro atoms. The summed E-state index contributed by atoms with van der Waals surface area (Å²) in [5.74, 6) is 0.101. The fourth-order valence-corrected chi connectivity index (χ4v) is 1.22. The van der Waals surface area contributed by atoms with Crippen molar-refractivity contribution in [2.24, 2.45) is 0 Å². The summed E-state index contributed by atoms with van der Waals surface area (Å²) in [6.45, 7) is 6.09. The van der Waals surface area contributed by atoms with Crippen LogP contribution in [0.5, 0.6) is 0 Å². The molecule has 0 saturated carbocycles. The van der Waals surface area contributed by atoms with Crippen LogP contribution in [0.15, 0.2) is 12.4 Å². The van der Waals surface area contributed by atoms with Crippen molar-refractivity contribution in [3.63, 3.8) is 0 Å². The van der Waals surface area contributed by atoms with Gasteiger partial charge in [0.15, 0.2) is 0 Å². The van der Waals surface area contributed by atoms with Gasteiger partial charge in [0.05, 0.1) is 12.4 Å². The fraction of sp³-hybridized carbons (Fsp3) is 0.545. The number of amides is 1. The maximum absolute atomic E-state index is 11.8. The molecule has 0 aliphatic rings. The number of anilines is 1. The van der Waals surface area contributed by atoms with Crippen molar-refractivity contribution in [1.82, 2.24) is 15.3 Å². The molecule has 5 heteroatoms. The highest BCUT2D eigenvalue weighted by atomic mass is 16.2. The Bertz CT molecular complexity index is 357. The van der Waals surface area contributed by atoms with Crippen LogP contribution in [0.4, 0.5) is 5.82 Å². The Morgan fingerprint density at radius 1 is 1.38 bits per heavy atom. The van der Waals surface area contributed by atoms with Crippen molar-refractivity contribution in [2.75, 3.05) is 5.73 Å². The average molecular weight is 222 g/mol. The molecule has 3 N–H and O–H groups in total. The lowest BCUT2D eigenvalue weighted by Crippen LogP contribution is -2.45. The van der Waals surface area contributed by atoms with E-state index in [0.29, 0.717) is 11.5 Å². The third-order valence-electron chi connectivity index (χ3n) is 2.88. The molecule has 1 aromatic rings. The number of rotatable bonds is 4. The molecule has 0 radical (unpaired) electrons. The third kappa shape index (κ3) is 2.92. The van der Waals surface area contributed by atoms with Gasteiger partial charge < -0.3 is 11.1 Å². The van der Waals surface area contributed by atoms with Crippen LogP contribution in [0.3, 0.4) is 0 Å². The standard InChI is InChI=1S/C11H18N4O/c1-4-11(3,5-2)15-10(16)8-6-14-9(12)7-13-8/h6-7H,4-5H2,1-3H3,(H2,12,14)(H,15,16). The van der Waals surface area contributed by atoms with E-state index in [2.05, 4.69) is 15.3 Å². The van der Waals surface area contributed by atoms with Crippen LogP contribution in [0, 0.1) is 0 Å². The van der Waals surface area contributed by atoms with Gasteiger partial charge in [-0.25, -0.2) is 9.97 Å². The van der Waals surface area contributed by atoms with Gasteiger partial charge in [-0.05, 0) is 19.8 Å². The van der Waals surface area contributed by atoms with Crippen molar-refractivity contribution in [2.45, 2.75) is 39.2 Å². The summed E-state index contributed by atoms with van der Waals surface area (Å²) in [5, 5.41) is 2.95. The van der Waals surface area contributed by atoms with Gasteiger partial charge >= 0.3 is 0 Å². The van der Waals surface area contributed by atoms with Gasteiger partial charge in [-0.1, -0.05) is 13.8 Å². The van der Waals surface area contributed by atoms with E-state index >= 15 is 0 Å². The van der Waals surface area contributed by atoms with Crippen molar-refractivity contribution < 1.29 is 4.79 Å². The van der Waals surface area contributed by atoms with Crippen molar-refractivity contribution in [1.29, 1.82) is 0 Å². The Morgan fingerprint density at radius 3 is 2.44 bits per heavy atom. The molecule has 0 bridgehead atoms. The predicted molar refractivity (Wildman–Crippen MR) is 62.9 cm³/mol. The first-order valence-corrected chi connectivity index (χ1v) is 5.41. The lowest BCUT2D eigenvalue weighted by atomic mass is 9.95. The van der Waals surface area contributed by atoms with E-state index in [4.69, 9.17) is 5.73 Å². The summed E-state index contributed by atoms with van der Waals surface area (Å²) in [6, 6.07) is 0. The Balaban J connectivity index is 2.76. The second-order valence-electron chi connectivity index (χ2n) is 4.05. The van der Waals surface area contributed by atoms with E-state index in [0.717, 1.165) is 12.8 Å². The first-order chi connectivity index (χ1) is 7.50. The molecule has 0 saturated heterocycles. The molecule has 0 fully saturated rings. The third-order valence-corrected chi connectivity index (χ3v) is 2.88. The number of nitrogen functional groups attached to an aromatic ring is 1. The van der Waals surface area contributed by atoms with Gasteiger partial charge in [0, 0.05) is 5.54 Å². The van der Waals surface area contributed by atoms with Crippen LogP contribution in [-0.4, -0.2) is 21.4 Å². The number of aromatic nitrogens is 2. The van der Waals surface area contributed by atoms with E-state index in [1.54, 1.807) is 0 Å². The van der Waals surface area contributed by atoms with Crippen molar-refractivity contribution in [3.8, 4) is 0 Å². The smallest absolute Gasteiger partial charge is 0.271 e. The van der Waals surface area contributed by atoms with Crippen LogP contribution in [0.1, 0.15) is 44.1 Å². The second kappa shape index (κ2) is 4.92. The topological polar surface area (TPSA) is 80.9 Å². The minimum atomic E-state index is -0.210. The summed E-state index contributed by atoms with van der Waals surface area (Å²) in [4.78, 5) is 19.6. The zero-order valence-corrected chi connectivity index (χ0v) is 9.95. The lowest BCUT2D eigenvalue weighted by Gasteiger charge is -2.27. The largest absolute Gasteiger partial charge is 0.382 e. The van der Waals surface area contributed by atoms with E-state index < -0.39 is 0 Å².